The summed E-state index contributed by atoms with van der Waals surface area (Å²) in [5.41, 5.74) is 1.26. The maximum atomic E-state index is 8.80. The standard InChI is InChI=1S/C6H13BN2O2Si/c1-12(2,3)6-8-4-5(9-6)7(10)11/h4,10-11H,1-3H3,(H,8,9). The van der Waals surface area contributed by atoms with Gasteiger partial charge in [0.15, 0.2) is 0 Å². The molecule has 0 unspecified atom stereocenters. The fourth-order valence-electron chi connectivity index (χ4n) is 0.848. The quantitative estimate of drug-likeness (QED) is 0.497. The van der Waals surface area contributed by atoms with E-state index in [1.54, 1.807) is 0 Å². The molecule has 6 heteroatoms. The van der Waals surface area contributed by atoms with Gasteiger partial charge >= 0.3 is 7.12 Å². The summed E-state index contributed by atoms with van der Waals surface area (Å²) < 4.78 is 0. The minimum Gasteiger partial charge on any atom is -0.422 e. The first-order valence-electron chi connectivity index (χ1n) is 3.83. The van der Waals surface area contributed by atoms with Crippen LogP contribution in [-0.2, 0) is 0 Å². The van der Waals surface area contributed by atoms with Gasteiger partial charge in [-0.25, -0.2) is 4.98 Å². The number of nitrogens with one attached hydrogen (secondary N) is 1. The number of nitrogens with zero attached hydrogens (tertiary/aromatic N) is 1. The number of H-pyrrole nitrogens is 1. The molecule has 4 nitrogen and oxygen atoms in total. The molecule has 0 aliphatic rings. The molecule has 0 fully saturated rings. The lowest BCUT2D eigenvalue weighted by molar-refractivity contribution is 0.424. The normalized spacial score (nSPS) is 11.8. The smallest absolute Gasteiger partial charge is 0.422 e. The van der Waals surface area contributed by atoms with Gasteiger partial charge in [0, 0.05) is 6.20 Å². The molecule has 0 saturated carbocycles. The van der Waals surface area contributed by atoms with Crippen molar-refractivity contribution in [3.8, 4) is 0 Å². The minimum absolute atomic E-state index is 0.368. The molecule has 0 amide bonds. The van der Waals surface area contributed by atoms with Crippen molar-refractivity contribution >= 4 is 26.2 Å². The minimum atomic E-state index is -1.45. The van der Waals surface area contributed by atoms with Gasteiger partial charge in [-0.2, -0.15) is 0 Å². The Morgan fingerprint density at radius 3 is 2.25 bits per heavy atom. The Morgan fingerprint density at radius 2 is 2.00 bits per heavy atom. The molecular weight excluding hydrogens is 171 g/mol. The molecule has 0 bridgehead atoms. The van der Waals surface area contributed by atoms with Crippen LogP contribution in [-0.4, -0.2) is 35.2 Å². The van der Waals surface area contributed by atoms with Gasteiger partial charge in [-0.3, -0.25) is 0 Å². The third-order valence-electron chi connectivity index (χ3n) is 1.58. The van der Waals surface area contributed by atoms with Crippen LogP contribution in [0.1, 0.15) is 0 Å². The van der Waals surface area contributed by atoms with Crippen molar-refractivity contribution < 1.29 is 10.0 Å². The highest BCUT2D eigenvalue weighted by atomic mass is 28.3. The van der Waals surface area contributed by atoms with Crippen LogP contribution in [0.5, 0.6) is 0 Å². The third-order valence-corrected chi connectivity index (χ3v) is 3.26. The second kappa shape index (κ2) is 3.04. The van der Waals surface area contributed by atoms with E-state index < -0.39 is 15.2 Å². The van der Waals surface area contributed by atoms with Gasteiger partial charge in [-0.15, -0.1) is 0 Å². The molecule has 0 radical (unpaired) electrons. The largest absolute Gasteiger partial charge is 0.507 e. The van der Waals surface area contributed by atoms with E-state index in [9.17, 15) is 0 Å². The van der Waals surface area contributed by atoms with Crippen LogP contribution in [0.2, 0.25) is 19.6 Å². The zero-order valence-electron chi connectivity index (χ0n) is 7.50. The van der Waals surface area contributed by atoms with Crippen molar-refractivity contribution in [3.05, 3.63) is 6.20 Å². The number of hydrogen-bond acceptors (Lipinski definition) is 3. The maximum Gasteiger partial charge on any atom is 0.507 e. The first kappa shape index (κ1) is 9.50. The average molecular weight is 184 g/mol. The zero-order valence-corrected chi connectivity index (χ0v) is 8.50. The fourth-order valence-corrected chi connectivity index (χ4v) is 1.82. The van der Waals surface area contributed by atoms with Gasteiger partial charge in [0.05, 0.1) is 11.0 Å². The van der Waals surface area contributed by atoms with Gasteiger partial charge < -0.3 is 15.0 Å². The van der Waals surface area contributed by atoms with E-state index in [1.165, 1.54) is 6.20 Å². The van der Waals surface area contributed by atoms with E-state index in [4.69, 9.17) is 10.0 Å². The highest BCUT2D eigenvalue weighted by molar-refractivity contribution is 6.87. The molecule has 0 aromatic carbocycles. The highest BCUT2D eigenvalue weighted by Gasteiger charge is 2.22. The SMILES string of the molecule is C[Si](C)(C)c1ncc(B(O)O)[nH]1. The molecule has 0 atom stereocenters. The van der Waals surface area contributed by atoms with Gasteiger partial charge in [0.2, 0.25) is 0 Å². The maximum absolute atomic E-state index is 8.80. The van der Waals surface area contributed by atoms with Crippen molar-refractivity contribution in [3.63, 3.8) is 0 Å². The first-order valence-corrected chi connectivity index (χ1v) is 7.33. The highest BCUT2D eigenvalue weighted by Crippen LogP contribution is 1.96. The van der Waals surface area contributed by atoms with Crippen LogP contribution in [0, 0.1) is 0 Å². The third kappa shape index (κ3) is 1.96. The van der Waals surface area contributed by atoms with Crippen LogP contribution in [0.4, 0.5) is 0 Å². The summed E-state index contributed by atoms with van der Waals surface area (Å²) >= 11 is 0. The topological polar surface area (TPSA) is 69.1 Å². The molecule has 12 heavy (non-hydrogen) atoms. The lowest BCUT2D eigenvalue weighted by Gasteiger charge is -2.11. The Bertz CT molecular complexity index is 269. The molecule has 0 aliphatic heterocycles. The van der Waals surface area contributed by atoms with Crippen LogP contribution < -0.4 is 11.0 Å². The molecule has 1 rings (SSSR count). The number of aromatic amines is 1. The Kier molecular flexibility index (Phi) is 2.41. The summed E-state index contributed by atoms with van der Waals surface area (Å²) in [6, 6.07) is 0. The van der Waals surface area contributed by atoms with Crippen LogP contribution in [0.15, 0.2) is 6.20 Å². The lowest BCUT2D eigenvalue weighted by atomic mass is 9.87. The van der Waals surface area contributed by atoms with Gasteiger partial charge in [0.1, 0.15) is 8.07 Å². The van der Waals surface area contributed by atoms with E-state index in [1.807, 2.05) is 0 Å². The summed E-state index contributed by atoms with van der Waals surface area (Å²) in [4.78, 5) is 7.00. The van der Waals surface area contributed by atoms with Gasteiger partial charge in [-0.05, 0) is 0 Å². The predicted molar refractivity (Wildman–Crippen MR) is 51.4 cm³/mol. The molecule has 0 saturated heterocycles. The molecule has 0 spiro atoms. The Labute approximate surface area is 72.8 Å². The first-order chi connectivity index (χ1) is 5.41. The van der Waals surface area contributed by atoms with Crippen molar-refractivity contribution in [2.75, 3.05) is 0 Å². The van der Waals surface area contributed by atoms with Crippen molar-refractivity contribution in [2.45, 2.75) is 19.6 Å². The summed E-state index contributed by atoms with van der Waals surface area (Å²) in [6.07, 6.45) is 1.47. The van der Waals surface area contributed by atoms with Crippen LogP contribution >= 0.6 is 0 Å². The van der Waals surface area contributed by atoms with E-state index in [0.29, 0.717) is 5.59 Å². The molecule has 1 aromatic rings. The van der Waals surface area contributed by atoms with Crippen molar-refractivity contribution in [1.29, 1.82) is 0 Å². The van der Waals surface area contributed by atoms with E-state index in [-0.39, 0.29) is 0 Å². The molecule has 66 valence electrons. The summed E-state index contributed by atoms with van der Waals surface area (Å²) in [7, 11) is -2.89. The summed E-state index contributed by atoms with van der Waals surface area (Å²) in [5, 5.41) is 17.6. The second-order valence-corrected chi connectivity index (χ2v) is 8.78. The van der Waals surface area contributed by atoms with E-state index >= 15 is 0 Å². The number of rotatable bonds is 2. The predicted octanol–water partition coefficient (Wildman–Crippen LogP) is -1.37. The number of imidazole rings is 1. The Hall–Kier alpha value is -0.588. The van der Waals surface area contributed by atoms with E-state index in [0.717, 1.165) is 5.45 Å². The Morgan fingerprint density at radius 1 is 1.42 bits per heavy atom. The lowest BCUT2D eigenvalue weighted by Crippen LogP contribution is -2.43. The second-order valence-electron chi connectivity index (χ2n) is 3.81. The molecular formula is C6H13BN2O2Si. The molecule has 1 heterocycles. The van der Waals surface area contributed by atoms with Crippen molar-refractivity contribution in [2.24, 2.45) is 0 Å². The molecule has 3 N–H and O–H groups in total. The summed E-state index contributed by atoms with van der Waals surface area (Å²) in [5.74, 6) is 0. The van der Waals surface area contributed by atoms with Gasteiger partial charge in [0.25, 0.3) is 0 Å². The van der Waals surface area contributed by atoms with Crippen LogP contribution in [0.3, 0.4) is 0 Å². The van der Waals surface area contributed by atoms with E-state index in [2.05, 4.69) is 29.6 Å². The zero-order chi connectivity index (χ0) is 9.35. The Balaban J connectivity index is 2.92. The number of aromatic nitrogens is 2. The fraction of sp³-hybridized carbons (Fsp3) is 0.500. The van der Waals surface area contributed by atoms with Gasteiger partial charge in [-0.1, -0.05) is 19.6 Å². The monoisotopic (exact) mass is 184 g/mol. The molecule has 0 aliphatic carbocycles. The van der Waals surface area contributed by atoms with Crippen molar-refractivity contribution in [1.82, 2.24) is 9.97 Å². The number of hydrogen-bond donors (Lipinski definition) is 3. The summed E-state index contributed by atoms with van der Waals surface area (Å²) in [6.45, 7) is 6.41. The average Bonchev–Trinajstić information content (AvgIpc) is 2.30. The molecule has 1 aromatic heterocycles. The van der Waals surface area contributed by atoms with Crippen LogP contribution in [0.25, 0.3) is 0 Å².